The van der Waals surface area contributed by atoms with Gasteiger partial charge in [-0.15, -0.1) is 11.3 Å². The summed E-state index contributed by atoms with van der Waals surface area (Å²) in [5.74, 6) is 0. The van der Waals surface area contributed by atoms with Crippen LogP contribution in [0.25, 0.3) is 11.1 Å². The normalized spacial score (nSPS) is 15.6. The van der Waals surface area contributed by atoms with Gasteiger partial charge in [0.2, 0.25) is 5.69 Å². The van der Waals surface area contributed by atoms with Crippen LogP contribution < -0.4 is 36.6 Å². The summed E-state index contributed by atoms with van der Waals surface area (Å²) in [4.78, 5) is 16.3. The average Bonchev–Trinajstić information content (AvgIpc) is 3.13. The molecule has 0 N–H and O–H groups in total. The van der Waals surface area contributed by atoms with Gasteiger partial charge in [0.25, 0.3) is 5.56 Å². The molecule has 3 heterocycles. The number of rotatable bonds is 2. The first-order chi connectivity index (χ1) is 13.0. The first kappa shape index (κ1) is 21.0. The van der Waals surface area contributed by atoms with Gasteiger partial charge in [0.1, 0.15) is 21.3 Å². The fraction of sp³-hybridized carbons (Fsp3) is 0.200. The molecule has 0 unspecified atom stereocenters. The molecule has 0 radical (unpaired) electrons. The van der Waals surface area contributed by atoms with Crippen LogP contribution in [-0.2, 0) is 13.6 Å². The molecular weight excluding hydrogens is 433 g/mol. The van der Waals surface area contributed by atoms with Gasteiger partial charge >= 0.3 is 0 Å². The van der Waals surface area contributed by atoms with Crippen LogP contribution in [0.2, 0.25) is 5.02 Å². The Bertz CT molecular complexity index is 1220. The Morgan fingerprint density at radius 3 is 2.75 bits per heavy atom. The van der Waals surface area contributed by atoms with Crippen LogP contribution in [0.4, 0.5) is 5.69 Å². The van der Waals surface area contributed by atoms with Crippen LogP contribution >= 0.6 is 34.7 Å². The summed E-state index contributed by atoms with van der Waals surface area (Å²) in [5, 5.41) is 1.67. The number of anilines is 1. The second kappa shape index (κ2) is 8.33. The standard InChI is InChI=1S/C20H19ClN3OS2.ClH/c1-4-24-17(12-14-7-5-6-10-22(14)2)27-18(19(24)25)20-23(3)15-9-8-13(21)11-16(15)26-20;/h5-12H,4H2,1-3H3;1H/q+1;/p-1/b20-18+;. The molecule has 3 aromatic rings. The third kappa shape index (κ3) is 3.62. The lowest BCUT2D eigenvalue weighted by Gasteiger charge is -2.12. The van der Waals surface area contributed by atoms with E-state index in [1.54, 1.807) is 11.8 Å². The zero-order chi connectivity index (χ0) is 19.1. The predicted molar refractivity (Wildman–Crippen MR) is 114 cm³/mol. The number of aryl methyl sites for hydroxylation is 1. The zero-order valence-electron chi connectivity index (χ0n) is 15.6. The van der Waals surface area contributed by atoms with E-state index in [9.17, 15) is 4.79 Å². The Kier molecular flexibility index (Phi) is 6.25. The van der Waals surface area contributed by atoms with Crippen molar-refractivity contribution in [3.63, 3.8) is 0 Å². The zero-order valence-corrected chi connectivity index (χ0v) is 18.8. The molecule has 8 heteroatoms. The quantitative estimate of drug-likeness (QED) is 0.494. The largest absolute Gasteiger partial charge is 1.00 e. The number of thioether (sulfide) groups is 1. The molecule has 4 nitrogen and oxygen atoms in total. The van der Waals surface area contributed by atoms with Crippen molar-refractivity contribution in [2.75, 3.05) is 11.9 Å². The van der Waals surface area contributed by atoms with Gasteiger partial charge in [-0.05, 0) is 31.2 Å². The van der Waals surface area contributed by atoms with Crippen molar-refractivity contribution < 1.29 is 17.0 Å². The van der Waals surface area contributed by atoms with E-state index in [1.165, 1.54) is 11.3 Å². The second-order valence-electron chi connectivity index (χ2n) is 6.28. The lowest BCUT2D eigenvalue weighted by atomic mass is 10.3. The van der Waals surface area contributed by atoms with Gasteiger partial charge in [0.05, 0.1) is 5.69 Å². The van der Waals surface area contributed by atoms with Gasteiger partial charge in [-0.25, -0.2) is 4.57 Å². The fourth-order valence-corrected chi connectivity index (χ4v) is 5.85. The van der Waals surface area contributed by atoms with Gasteiger partial charge in [-0.3, -0.25) is 9.36 Å². The Hall–Kier alpha value is -1.73. The van der Waals surface area contributed by atoms with Crippen molar-refractivity contribution in [2.45, 2.75) is 18.4 Å². The van der Waals surface area contributed by atoms with E-state index in [2.05, 4.69) is 11.0 Å². The number of hydrogen-bond donors (Lipinski definition) is 0. The summed E-state index contributed by atoms with van der Waals surface area (Å²) in [6.45, 7) is 2.64. The van der Waals surface area contributed by atoms with Crippen molar-refractivity contribution in [2.24, 2.45) is 7.05 Å². The molecule has 4 rings (SSSR count). The molecule has 1 aromatic carbocycles. The fourth-order valence-electron chi connectivity index (χ4n) is 3.11. The lowest BCUT2D eigenvalue weighted by Crippen LogP contribution is -3.00. The van der Waals surface area contributed by atoms with Crippen molar-refractivity contribution in [3.8, 4) is 0 Å². The summed E-state index contributed by atoms with van der Waals surface area (Å²) in [5.41, 5.74) is 2.19. The van der Waals surface area contributed by atoms with E-state index >= 15 is 0 Å². The Balaban J connectivity index is 0.00000225. The molecule has 0 fully saturated rings. The third-order valence-corrected chi connectivity index (χ3v) is 7.29. The molecule has 0 amide bonds. The lowest BCUT2D eigenvalue weighted by molar-refractivity contribution is -0.673. The maximum Gasteiger partial charge on any atom is 0.271 e. The van der Waals surface area contributed by atoms with Gasteiger partial charge in [-0.1, -0.05) is 23.4 Å². The number of nitrogens with zero attached hydrogens (tertiary/aromatic N) is 3. The number of aromatic nitrogens is 2. The summed E-state index contributed by atoms with van der Waals surface area (Å²) >= 11 is 9.28. The minimum absolute atomic E-state index is 0. The van der Waals surface area contributed by atoms with Crippen molar-refractivity contribution in [3.05, 3.63) is 72.9 Å². The molecule has 0 aliphatic carbocycles. The number of benzene rings is 1. The Morgan fingerprint density at radius 1 is 1.25 bits per heavy atom. The average molecular weight is 452 g/mol. The maximum absolute atomic E-state index is 13.1. The molecule has 0 bridgehead atoms. The van der Waals surface area contributed by atoms with Crippen LogP contribution in [0.5, 0.6) is 0 Å². The number of halogens is 2. The third-order valence-electron chi connectivity index (χ3n) is 4.58. The van der Waals surface area contributed by atoms with Crippen molar-refractivity contribution in [1.29, 1.82) is 0 Å². The predicted octanol–water partition coefficient (Wildman–Crippen LogP) is -0.452. The Morgan fingerprint density at radius 2 is 2.04 bits per heavy atom. The summed E-state index contributed by atoms with van der Waals surface area (Å²) in [6.07, 6.45) is 4.08. The topological polar surface area (TPSA) is 29.1 Å². The van der Waals surface area contributed by atoms with Gasteiger partial charge in [0.15, 0.2) is 6.20 Å². The molecule has 28 heavy (non-hydrogen) atoms. The van der Waals surface area contributed by atoms with E-state index in [1.807, 2.05) is 72.7 Å². The number of pyridine rings is 1. The van der Waals surface area contributed by atoms with Crippen LogP contribution in [0.3, 0.4) is 0 Å². The number of fused-ring (bicyclic) bond motifs is 1. The van der Waals surface area contributed by atoms with Crippen LogP contribution in [0.1, 0.15) is 12.6 Å². The highest BCUT2D eigenvalue weighted by Crippen LogP contribution is 2.46. The maximum atomic E-state index is 13.1. The minimum atomic E-state index is 0. The van der Waals surface area contributed by atoms with E-state index in [0.29, 0.717) is 11.6 Å². The van der Waals surface area contributed by atoms with Crippen LogP contribution in [0, 0.1) is 0 Å². The molecular formula is C20H19Cl2N3OS2. The van der Waals surface area contributed by atoms with E-state index in [4.69, 9.17) is 11.6 Å². The highest BCUT2D eigenvalue weighted by molar-refractivity contribution is 8.08. The van der Waals surface area contributed by atoms with E-state index < -0.39 is 0 Å². The molecule has 0 saturated heterocycles. The second-order valence-corrected chi connectivity index (χ2v) is 8.78. The van der Waals surface area contributed by atoms with Gasteiger partial charge in [-0.2, -0.15) is 0 Å². The molecule has 1 aliphatic heterocycles. The van der Waals surface area contributed by atoms with Crippen LogP contribution in [-0.4, -0.2) is 11.6 Å². The molecule has 0 saturated carbocycles. The smallest absolute Gasteiger partial charge is 0.271 e. The molecule has 0 atom stereocenters. The minimum Gasteiger partial charge on any atom is -1.00 e. The number of thiazole rings is 1. The van der Waals surface area contributed by atoms with Crippen molar-refractivity contribution >= 4 is 51.5 Å². The molecule has 0 spiro atoms. The first-order valence-corrected chi connectivity index (χ1v) is 10.6. The Labute approximate surface area is 182 Å². The highest BCUT2D eigenvalue weighted by Gasteiger charge is 2.25. The summed E-state index contributed by atoms with van der Waals surface area (Å²) < 4.78 is 5.60. The van der Waals surface area contributed by atoms with Crippen LogP contribution in [0.15, 0.2) is 52.3 Å². The van der Waals surface area contributed by atoms with E-state index in [-0.39, 0.29) is 18.0 Å². The monoisotopic (exact) mass is 451 g/mol. The van der Waals surface area contributed by atoms with Gasteiger partial charge in [0, 0.05) is 41.7 Å². The van der Waals surface area contributed by atoms with Gasteiger partial charge < -0.3 is 17.3 Å². The van der Waals surface area contributed by atoms with E-state index in [0.717, 1.165) is 30.5 Å². The molecule has 146 valence electrons. The molecule has 2 aromatic heterocycles. The number of hydrogen-bond acceptors (Lipinski definition) is 4. The summed E-state index contributed by atoms with van der Waals surface area (Å²) in [7, 11) is 4.00. The van der Waals surface area contributed by atoms with Crippen molar-refractivity contribution in [1.82, 2.24) is 4.57 Å². The SMILES string of the molecule is CCn1c(=O)/c(=C2\Sc3cc(Cl)ccc3N2C)s/c1=C\c1cccc[n+]1C.[Cl-]. The highest BCUT2D eigenvalue weighted by atomic mass is 35.5. The summed E-state index contributed by atoms with van der Waals surface area (Å²) in [6, 6.07) is 11.9. The molecule has 1 aliphatic rings. The first-order valence-electron chi connectivity index (χ1n) is 8.61.